The van der Waals surface area contributed by atoms with Crippen LogP contribution in [0.15, 0.2) is 30.7 Å². The summed E-state index contributed by atoms with van der Waals surface area (Å²) in [7, 11) is 0. The van der Waals surface area contributed by atoms with Crippen LogP contribution in [0.3, 0.4) is 0 Å². The fourth-order valence-corrected chi connectivity index (χ4v) is 5.70. The highest BCUT2D eigenvalue weighted by molar-refractivity contribution is 6.06. The van der Waals surface area contributed by atoms with E-state index >= 15 is 0 Å². The fourth-order valence-electron chi connectivity index (χ4n) is 5.70. The second-order valence-electron chi connectivity index (χ2n) is 9.96. The second kappa shape index (κ2) is 7.30. The maximum atomic E-state index is 13.1. The molecule has 0 saturated carbocycles. The molecule has 3 aliphatic rings. The highest BCUT2D eigenvalue weighted by Gasteiger charge is 2.50. The Hall–Kier alpha value is -2.94. The van der Waals surface area contributed by atoms with E-state index in [0.29, 0.717) is 19.4 Å². The van der Waals surface area contributed by atoms with Crippen molar-refractivity contribution in [1.29, 1.82) is 0 Å². The van der Waals surface area contributed by atoms with E-state index in [1.807, 2.05) is 34.0 Å². The maximum Gasteiger partial charge on any atom is 0.325 e. The van der Waals surface area contributed by atoms with Crippen LogP contribution in [0.4, 0.5) is 4.79 Å². The summed E-state index contributed by atoms with van der Waals surface area (Å²) in [4.78, 5) is 44.7. The average Bonchev–Trinajstić information content (AvgIpc) is 3.32. The summed E-state index contributed by atoms with van der Waals surface area (Å²) >= 11 is 0. The Morgan fingerprint density at radius 1 is 1.22 bits per heavy atom. The van der Waals surface area contributed by atoms with Crippen molar-refractivity contribution >= 4 is 28.7 Å². The molecule has 2 bridgehead atoms. The lowest BCUT2D eigenvalue weighted by atomic mass is 9.85. The number of pyridine rings is 1. The molecule has 9 nitrogen and oxygen atoms in total. The summed E-state index contributed by atoms with van der Waals surface area (Å²) in [5.74, 6) is -0.361. The predicted molar refractivity (Wildman–Crippen MR) is 117 cm³/mol. The molecule has 3 aliphatic heterocycles. The van der Waals surface area contributed by atoms with E-state index < -0.39 is 17.2 Å². The van der Waals surface area contributed by atoms with Gasteiger partial charge in [-0.25, -0.2) is 4.79 Å². The molecular weight excluding hydrogens is 410 g/mol. The first kappa shape index (κ1) is 20.9. The lowest BCUT2D eigenvalue weighted by Crippen LogP contribution is -2.55. The van der Waals surface area contributed by atoms with Gasteiger partial charge in [0.1, 0.15) is 5.54 Å². The van der Waals surface area contributed by atoms with Crippen molar-refractivity contribution in [2.45, 2.75) is 75.7 Å². The zero-order chi connectivity index (χ0) is 22.7. The van der Waals surface area contributed by atoms with Crippen molar-refractivity contribution in [3.05, 3.63) is 30.7 Å². The number of rotatable bonds is 5. The van der Waals surface area contributed by atoms with Gasteiger partial charge in [-0.1, -0.05) is 0 Å². The third kappa shape index (κ3) is 3.44. The molecule has 0 aliphatic carbocycles. The number of carbonyl (C=O) groups excluding carboxylic acids is 3. The number of amides is 4. The van der Waals surface area contributed by atoms with Crippen LogP contribution in [0, 0.1) is 0 Å². The van der Waals surface area contributed by atoms with Crippen molar-refractivity contribution in [3.63, 3.8) is 0 Å². The molecule has 3 fully saturated rings. The molecule has 5 rings (SSSR count). The SMILES string of the molecule is CC1(C)NC(=O)N(CCC(=O)N2[C@@H]3CC[C@@H]2CC(O)(Cn2ccc4ccncc42)C3)C1=O. The molecule has 2 N–H and O–H groups in total. The first-order chi connectivity index (χ1) is 15.2. The Morgan fingerprint density at radius 2 is 1.94 bits per heavy atom. The summed E-state index contributed by atoms with van der Waals surface area (Å²) in [6.45, 7) is 3.86. The number of fused-ring (bicyclic) bond motifs is 3. The van der Waals surface area contributed by atoms with Crippen LogP contribution < -0.4 is 5.32 Å². The van der Waals surface area contributed by atoms with Crippen LogP contribution in [-0.4, -0.2) is 72.1 Å². The molecule has 2 atom stereocenters. The predicted octanol–water partition coefficient (Wildman–Crippen LogP) is 1.64. The van der Waals surface area contributed by atoms with E-state index in [4.69, 9.17) is 0 Å². The normalized spacial score (nSPS) is 29.1. The van der Waals surface area contributed by atoms with Crippen LogP contribution in [0.25, 0.3) is 10.9 Å². The molecule has 3 saturated heterocycles. The quantitative estimate of drug-likeness (QED) is 0.689. The van der Waals surface area contributed by atoms with Crippen molar-refractivity contribution in [1.82, 2.24) is 24.7 Å². The molecule has 2 aromatic heterocycles. The lowest BCUT2D eigenvalue weighted by Gasteiger charge is -2.44. The summed E-state index contributed by atoms with van der Waals surface area (Å²) in [5.41, 5.74) is -0.832. The van der Waals surface area contributed by atoms with Gasteiger partial charge in [0.2, 0.25) is 5.91 Å². The van der Waals surface area contributed by atoms with Gasteiger partial charge in [0, 0.05) is 42.8 Å². The molecule has 170 valence electrons. The van der Waals surface area contributed by atoms with E-state index in [-0.39, 0.29) is 36.9 Å². The minimum absolute atomic E-state index is 0.0225. The number of hydrogen-bond donors (Lipinski definition) is 2. The van der Waals surface area contributed by atoms with Gasteiger partial charge in [0.15, 0.2) is 0 Å². The van der Waals surface area contributed by atoms with Crippen molar-refractivity contribution in [2.24, 2.45) is 0 Å². The monoisotopic (exact) mass is 439 g/mol. The summed E-state index contributed by atoms with van der Waals surface area (Å²) in [6, 6.07) is 3.48. The van der Waals surface area contributed by atoms with Crippen LogP contribution in [0.1, 0.15) is 46.0 Å². The van der Waals surface area contributed by atoms with Gasteiger partial charge in [-0.05, 0) is 51.7 Å². The van der Waals surface area contributed by atoms with E-state index in [2.05, 4.69) is 10.3 Å². The van der Waals surface area contributed by atoms with Gasteiger partial charge >= 0.3 is 6.03 Å². The lowest BCUT2D eigenvalue weighted by molar-refractivity contribution is -0.142. The van der Waals surface area contributed by atoms with Gasteiger partial charge in [-0.15, -0.1) is 0 Å². The van der Waals surface area contributed by atoms with Crippen LogP contribution in [-0.2, 0) is 16.1 Å². The standard InChI is InChI=1S/C23H29N5O4/c1-22(2)20(30)27(21(31)25-22)10-7-19(29)28-16-3-4-17(28)12-23(32,11-16)14-26-9-6-15-5-8-24-13-18(15)26/h5-6,8-9,13,16-17,32H,3-4,7,10-12,14H2,1-2H3,(H,25,31)/t16-,17-/m1/s1. The molecule has 0 unspecified atom stereocenters. The largest absolute Gasteiger partial charge is 0.388 e. The van der Waals surface area contributed by atoms with E-state index in [1.165, 1.54) is 0 Å². The van der Waals surface area contributed by atoms with Gasteiger partial charge in [0.25, 0.3) is 5.91 Å². The highest BCUT2D eigenvalue weighted by Crippen LogP contribution is 2.42. The molecule has 9 heteroatoms. The first-order valence-electron chi connectivity index (χ1n) is 11.2. The zero-order valence-corrected chi connectivity index (χ0v) is 18.5. The fraction of sp³-hybridized carbons (Fsp3) is 0.565. The molecule has 2 aromatic rings. The van der Waals surface area contributed by atoms with Crippen LogP contribution in [0.2, 0.25) is 0 Å². The maximum absolute atomic E-state index is 13.1. The molecule has 32 heavy (non-hydrogen) atoms. The second-order valence-corrected chi connectivity index (χ2v) is 9.96. The Labute approximate surface area is 186 Å². The van der Waals surface area contributed by atoms with Crippen LogP contribution in [0.5, 0.6) is 0 Å². The van der Waals surface area contributed by atoms with Crippen LogP contribution >= 0.6 is 0 Å². The first-order valence-corrected chi connectivity index (χ1v) is 11.2. The van der Waals surface area contributed by atoms with Gasteiger partial charge in [-0.3, -0.25) is 19.5 Å². The van der Waals surface area contributed by atoms with Crippen molar-refractivity contribution in [2.75, 3.05) is 6.54 Å². The molecule has 4 amide bonds. The molecular formula is C23H29N5O4. The smallest absolute Gasteiger partial charge is 0.325 e. The van der Waals surface area contributed by atoms with Gasteiger partial charge in [0.05, 0.1) is 23.9 Å². The number of hydrogen-bond acceptors (Lipinski definition) is 5. The molecule has 5 heterocycles. The third-order valence-corrected chi connectivity index (χ3v) is 7.17. The summed E-state index contributed by atoms with van der Waals surface area (Å²) in [5, 5.41) is 15.2. The topological polar surface area (TPSA) is 108 Å². The van der Waals surface area contributed by atoms with E-state index in [0.717, 1.165) is 28.6 Å². The number of aromatic nitrogens is 2. The highest BCUT2D eigenvalue weighted by atomic mass is 16.3. The zero-order valence-electron chi connectivity index (χ0n) is 18.5. The van der Waals surface area contributed by atoms with Gasteiger partial charge < -0.3 is 19.9 Å². The Kier molecular flexibility index (Phi) is 4.77. The Morgan fingerprint density at radius 3 is 2.59 bits per heavy atom. The third-order valence-electron chi connectivity index (χ3n) is 7.17. The van der Waals surface area contributed by atoms with Gasteiger partial charge in [-0.2, -0.15) is 0 Å². The van der Waals surface area contributed by atoms with E-state index in [9.17, 15) is 19.5 Å². The summed E-state index contributed by atoms with van der Waals surface area (Å²) in [6.07, 6.45) is 8.41. The molecule has 0 aromatic carbocycles. The molecule has 0 radical (unpaired) electrons. The summed E-state index contributed by atoms with van der Waals surface area (Å²) < 4.78 is 2.04. The number of nitrogens with one attached hydrogen (secondary N) is 1. The number of piperidine rings is 1. The molecule has 0 spiro atoms. The Bertz CT molecular complexity index is 1080. The minimum Gasteiger partial charge on any atom is -0.388 e. The average molecular weight is 440 g/mol. The number of nitrogens with zero attached hydrogens (tertiary/aromatic N) is 4. The number of urea groups is 1. The number of carbonyl (C=O) groups is 3. The number of imide groups is 1. The van der Waals surface area contributed by atoms with Crippen molar-refractivity contribution < 1.29 is 19.5 Å². The minimum atomic E-state index is -0.932. The van der Waals surface area contributed by atoms with E-state index in [1.54, 1.807) is 20.0 Å². The van der Waals surface area contributed by atoms with Crippen molar-refractivity contribution in [3.8, 4) is 0 Å². The number of aliphatic hydroxyl groups is 1. The Balaban J connectivity index is 1.24.